The number of ether oxygens (including phenoxy) is 3. The smallest absolute Gasteiger partial charge is 0.347 e. The molecule has 7 nitrogen and oxygen atoms in total. The predicted octanol–water partition coefficient (Wildman–Crippen LogP) is 1.95. The quantitative estimate of drug-likeness (QED) is 0.343. The third kappa shape index (κ3) is 10.4. The van der Waals surface area contributed by atoms with Gasteiger partial charge in [-0.05, 0) is 47.5 Å². The molecule has 23 heavy (non-hydrogen) atoms. The van der Waals surface area contributed by atoms with Gasteiger partial charge in [-0.1, -0.05) is 0 Å². The van der Waals surface area contributed by atoms with Crippen LogP contribution in [0.5, 0.6) is 0 Å². The predicted molar refractivity (Wildman–Crippen MR) is 81.5 cm³/mol. The molecule has 0 fully saturated rings. The minimum atomic E-state index is -0.953. The Morgan fingerprint density at radius 2 is 1.17 bits per heavy atom. The monoisotopic (exact) mass is 330 g/mol. The second kappa shape index (κ2) is 10.7. The van der Waals surface area contributed by atoms with Gasteiger partial charge in [-0.15, -0.1) is 0 Å². The van der Waals surface area contributed by atoms with E-state index in [4.69, 9.17) is 14.2 Å². The fourth-order valence-electron chi connectivity index (χ4n) is 1.51. The van der Waals surface area contributed by atoms with Crippen molar-refractivity contribution in [1.82, 2.24) is 0 Å². The molecule has 0 radical (unpaired) electrons. The third-order valence-electron chi connectivity index (χ3n) is 2.88. The van der Waals surface area contributed by atoms with E-state index in [1.54, 1.807) is 13.8 Å². The number of unbranched alkanes of at least 4 members (excludes halogenated alkanes) is 1. The molecule has 0 aromatic rings. The van der Waals surface area contributed by atoms with E-state index in [2.05, 4.69) is 0 Å². The molecule has 0 bridgehead atoms. The van der Waals surface area contributed by atoms with E-state index in [1.165, 1.54) is 20.8 Å². The number of hydrogen-bond donors (Lipinski definition) is 0. The Morgan fingerprint density at radius 3 is 1.57 bits per heavy atom. The minimum absolute atomic E-state index is 0.0921. The molecular formula is C16H26O7. The first-order valence-electron chi connectivity index (χ1n) is 7.73. The molecule has 0 aliphatic rings. The highest BCUT2D eigenvalue weighted by atomic mass is 16.6. The number of hydrogen-bond acceptors (Lipinski definition) is 7. The maximum atomic E-state index is 11.6. The molecule has 0 spiro atoms. The molecule has 0 heterocycles. The first-order chi connectivity index (χ1) is 10.6. The van der Waals surface area contributed by atoms with E-state index in [0.29, 0.717) is 12.8 Å². The highest BCUT2D eigenvalue weighted by molar-refractivity contribution is 5.83. The van der Waals surface area contributed by atoms with Crippen LogP contribution in [-0.4, -0.2) is 42.0 Å². The van der Waals surface area contributed by atoms with Gasteiger partial charge in [0.25, 0.3) is 0 Å². The Labute approximate surface area is 136 Å². The lowest BCUT2D eigenvalue weighted by molar-refractivity contribution is -0.169. The van der Waals surface area contributed by atoms with Gasteiger partial charge in [-0.2, -0.15) is 0 Å². The van der Waals surface area contributed by atoms with Crippen LogP contribution in [0.25, 0.3) is 0 Å². The maximum Gasteiger partial charge on any atom is 0.347 e. The molecule has 0 aliphatic carbocycles. The van der Waals surface area contributed by atoms with Crippen LogP contribution in [0.15, 0.2) is 0 Å². The Bertz CT molecular complexity index is 428. The summed E-state index contributed by atoms with van der Waals surface area (Å²) in [4.78, 5) is 45.4. The Morgan fingerprint density at radius 1 is 0.739 bits per heavy atom. The van der Waals surface area contributed by atoms with E-state index in [-0.39, 0.29) is 24.7 Å². The van der Waals surface area contributed by atoms with E-state index in [1.807, 2.05) is 0 Å². The molecular weight excluding hydrogens is 304 g/mol. The first-order valence-corrected chi connectivity index (χ1v) is 7.73. The van der Waals surface area contributed by atoms with Gasteiger partial charge in [-0.25, -0.2) is 4.79 Å². The molecule has 0 aromatic carbocycles. The van der Waals surface area contributed by atoms with Crippen molar-refractivity contribution in [2.24, 2.45) is 0 Å². The average Bonchev–Trinajstić information content (AvgIpc) is 2.42. The molecule has 0 N–H and O–H groups in total. The minimum Gasteiger partial charge on any atom is -0.460 e. The molecule has 0 saturated heterocycles. The van der Waals surface area contributed by atoms with Crippen molar-refractivity contribution in [3.8, 4) is 0 Å². The molecule has 0 aromatic heterocycles. The molecule has 7 heteroatoms. The van der Waals surface area contributed by atoms with Gasteiger partial charge in [0.05, 0.1) is 6.10 Å². The van der Waals surface area contributed by atoms with Crippen molar-refractivity contribution in [2.45, 2.75) is 78.6 Å². The van der Waals surface area contributed by atoms with Crippen molar-refractivity contribution in [1.29, 1.82) is 0 Å². The Kier molecular flexibility index (Phi) is 9.85. The number of Topliss-reactive ketones (excluding diaryl/α,β-unsaturated/α-hetero) is 1. The van der Waals surface area contributed by atoms with Crippen LogP contribution in [-0.2, 0) is 33.4 Å². The number of ketones is 1. The molecule has 0 saturated carbocycles. The standard InChI is InChI=1S/C16H26O7/c1-10(2)21-16(20)13(5)23-15(19)9-7-6-8-14(18)22-12(4)11(3)17/h10,12-13H,6-9H2,1-5H3. The van der Waals surface area contributed by atoms with Crippen LogP contribution in [0.1, 0.15) is 60.3 Å². The number of carbonyl (C=O) groups is 4. The van der Waals surface area contributed by atoms with Crippen LogP contribution in [0.4, 0.5) is 0 Å². The summed E-state index contributed by atoms with van der Waals surface area (Å²) < 4.78 is 14.7. The zero-order chi connectivity index (χ0) is 18.0. The summed E-state index contributed by atoms with van der Waals surface area (Å²) in [5.74, 6) is -1.81. The van der Waals surface area contributed by atoms with Crippen LogP contribution in [0.3, 0.4) is 0 Å². The highest BCUT2D eigenvalue weighted by Crippen LogP contribution is 2.07. The lowest BCUT2D eigenvalue weighted by Gasteiger charge is -2.14. The summed E-state index contributed by atoms with van der Waals surface area (Å²) >= 11 is 0. The molecule has 0 amide bonds. The largest absolute Gasteiger partial charge is 0.460 e. The average molecular weight is 330 g/mol. The fourth-order valence-corrected chi connectivity index (χ4v) is 1.51. The first kappa shape index (κ1) is 21.1. The van der Waals surface area contributed by atoms with Gasteiger partial charge in [0, 0.05) is 12.8 Å². The van der Waals surface area contributed by atoms with Crippen molar-refractivity contribution >= 4 is 23.7 Å². The van der Waals surface area contributed by atoms with Crippen LogP contribution >= 0.6 is 0 Å². The van der Waals surface area contributed by atoms with Crippen LogP contribution in [0, 0.1) is 0 Å². The second-order valence-corrected chi connectivity index (χ2v) is 5.57. The lowest BCUT2D eigenvalue weighted by Crippen LogP contribution is -2.28. The third-order valence-corrected chi connectivity index (χ3v) is 2.88. The van der Waals surface area contributed by atoms with Gasteiger partial charge < -0.3 is 14.2 Å². The SMILES string of the molecule is CC(=O)C(C)OC(=O)CCCCC(=O)OC(C)C(=O)OC(C)C. The Hall–Kier alpha value is -1.92. The second-order valence-electron chi connectivity index (χ2n) is 5.57. The van der Waals surface area contributed by atoms with Gasteiger partial charge in [0.1, 0.15) is 0 Å². The van der Waals surface area contributed by atoms with Crippen molar-refractivity contribution in [2.75, 3.05) is 0 Å². The van der Waals surface area contributed by atoms with Crippen molar-refractivity contribution < 1.29 is 33.4 Å². The van der Waals surface area contributed by atoms with Crippen LogP contribution < -0.4 is 0 Å². The molecule has 2 atom stereocenters. The maximum absolute atomic E-state index is 11.6. The van der Waals surface area contributed by atoms with Crippen molar-refractivity contribution in [3.05, 3.63) is 0 Å². The summed E-state index contributed by atoms with van der Waals surface area (Å²) in [6.45, 7) is 7.72. The van der Waals surface area contributed by atoms with Gasteiger partial charge in [0.2, 0.25) is 0 Å². The van der Waals surface area contributed by atoms with E-state index in [9.17, 15) is 19.2 Å². The molecule has 0 aliphatic heterocycles. The fraction of sp³-hybridized carbons (Fsp3) is 0.750. The zero-order valence-corrected chi connectivity index (χ0v) is 14.4. The van der Waals surface area contributed by atoms with E-state index in [0.717, 1.165) is 0 Å². The van der Waals surface area contributed by atoms with Gasteiger partial charge >= 0.3 is 17.9 Å². The van der Waals surface area contributed by atoms with Gasteiger partial charge in [-0.3, -0.25) is 14.4 Å². The lowest BCUT2D eigenvalue weighted by atomic mass is 10.2. The van der Waals surface area contributed by atoms with Crippen LogP contribution in [0.2, 0.25) is 0 Å². The molecule has 0 rings (SSSR count). The number of rotatable bonds is 10. The summed E-state index contributed by atoms with van der Waals surface area (Å²) in [5, 5.41) is 0. The van der Waals surface area contributed by atoms with E-state index >= 15 is 0 Å². The number of esters is 3. The summed E-state index contributed by atoms with van der Waals surface area (Å²) in [6.07, 6.45) is -0.902. The summed E-state index contributed by atoms with van der Waals surface area (Å²) in [7, 11) is 0. The van der Waals surface area contributed by atoms with E-state index < -0.39 is 30.1 Å². The summed E-state index contributed by atoms with van der Waals surface area (Å²) in [6, 6.07) is 0. The van der Waals surface area contributed by atoms with Gasteiger partial charge in [0.15, 0.2) is 18.0 Å². The van der Waals surface area contributed by atoms with Crippen molar-refractivity contribution in [3.63, 3.8) is 0 Å². The topological polar surface area (TPSA) is 96.0 Å². The molecule has 2 unspecified atom stereocenters. The highest BCUT2D eigenvalue weighted by Gasteiger charge is 2.20. The Balaban J connectivity index is 3.88. The summed E-state index contributed by atoms with van der Waals surface area (Å²) in [5.41, 5.74) is 0. The normalized spacial score (nSPS) is 13.1. The number of carbonyl (C=O) groups excluding carboxylic acids is 4. The molecule has 132 valence electrons. The zero-order valence-electron chi connectivity index (χ0n) is 14.4.